The van der Waals surface area contributed by atoms with Crippen molar-refractivity contribution >= 4 is 16.9 Å². The number of anilines is 1. The van der Waals surface area contributed by atoms with Crippen molar-refractivity contribution in [3.63, 3.8) is 0 Å². The molecule has 0 amide bonds. The predicted molar refractivity (Wildman–Crippen MR) is 86.9 cm³/mol. The molecule has 3 rings (SSSR count). The van der Waals surface area contributed by atoms with Crippen molar-refractivity contribution in [3.05, 3.63) is 70.5 Å². The van der Waals surface area contributed by atoms with E-state index in [1.807, 2.05) is 54.6 Å². The van der Waals surface area contributed by atoms with Gasteiger partial charge in [0.2, 0.25) is 0 Å². The molecule has 1 heterocycles. The van der Waals surface area contributed by atoms with E-state index >= 15 is 0 Å². The summed E-state index contributed by atoms with van der Waals surface area (Å²) in [4.78, 5) is 17.0. The summed E-state index contributed by atoms with van der Waals surface area (Å²) < 4.78 is 1.67. The van der Waals surface area contributed by atoms with Gasteiger partial charge >= 0.3 is 0 Å². The zero-order valence-electron chi connectivity index (χ0n) is 12.2. The van der Waals surface area contributed by atoms with Crippen molar-refractivity contribution in [1.29, 1.82) is 0 Å². The van der Waals surface area contributed by atoms with Crippen LogP contribution in [0.2, 0.25) is 0 Å². The first kappa shape index (κ1) is 14.3. The average Bonchev–Trinajstić information content (AvgIpc) is 2.52. The van der Waals surface area contributed by atoms with Crippen molar-refractivity contribution in [2.45, 2.75) is 19.7 Å². The largest absolute Gasteiger partial charge is 0.374 e. The molecule has 0 spiro atoms. The van der Waals surface area contributed by atoms with E-state index in [9.17, 15) is 9.90 Å². The van der Waals surface area contributed by atoms with Gasteiger partial charge in [-0.15, -0.1) is 0 Å². The Labute approximate surface area is 127 Å². The summed E-state index contributed by atoms with van der Waals surface area (Å²) in [6.45, 7) is 2.01. The minimum absolute atomic E-state index is 0.157. The highest BCUT2D eigenvalue weighted by atomic mass is 16.3. The molecule has 0 saturated carbocycles. The van der Waals surface area contributed by atoms with Gasteiger partial charge in [0.15, 0.2) is 5.82 Å². The summed E-state index contributed by atoms with van der Waals surface area (Å²) in [5, 5.41) is 12.2. The molecule has 0 aliphatic heterocycles. The van der Waals surface area contributed by atoms with Crippen molar-refractivity contribution in [2.24, 2.45) is 0 Å². The highest BCUT2D eigenvalue weighted by Gasteiger charge is 2.12. The van der Waals surface area contributed by atoms with Crippen molar-refractivity contribution in [2.75, 3.05) is 5.32 Å². The van der Waals surface area contributed by atoms with Gasteiger partial charge in [-0.1, -0.05) is 42.5 Å². The van der Waals surface area contributed by atoms with Crippen LogP contribution in [0.5, 0.6) is 0 Å². The molecule has 5 heteroatoms. The van der Waals surface area contributed by atoms with Gasteiger partial charge in [-0.25, -0.2) is 4.98 Å². The maximum Gasteiger partial charge on any atom is 0.294 e. The molecular weight excluding hydrogens is 278 g/mol. The van der Waals surface area contributed by atoms with E-state index in [1.54, 1.807) is 11.5 Å². The molecule has 1 unspecified atom stereocenters. The Hall–Kier alpha value is -2.66. The molecule has 2 N–H and O–H groups in total. The zero-order chi connectivity index (χ0) is 15.5. The molecule has 3 aromatic rings. The molecular formula is C17H17N3O2. The Morgan fingerprint density at radius 1 is 1.14 bits per heavy atom. The fourth-order valence-electron chi connectivity index (χ4n) is 2.41. The summed E-state index contributed by atoms with van der Waals surface area (Å²) in [7, 11) is 0. The monoisotopic (exact) mass is 295 g/mol. The highest BCUT2D eigenvalue weighted by molar-refractivity contribution is 5.76. The van der Waals surface area contributed by atoms with Crippen LogP contribution in [0.4, 0.5) is 5.82 Å². The SMILES string of the molecule is CC(O)Nc1nc2ccccc2n(Cc2ccccc2)c1=O. The lowest BCUT2D eigenvalue weighted by atomic mass is 10.2. The van der Waals surface area contributed by atoms with Crippen LogP contribution in [-0.2, 0) is 6.54 Å². The Morgan fingerprint density at radius 2 is 1.82 bits per heavy atom. The zero-order valence-corrected chi connectivity index (χ0v) is 12.2. The molecule has 0 radical (unpaired) electrons. The van der Waals surface area contributed by atoms with Gasteiger partial charge in [-0.3, -0.25) is 9.36 Å². The first-order valence-electron chi connectivity index (χ1n) is 7.13. The van der Waals surface area contributed by atoms with Gasteiger partial charge in [0.1, 0.15) is 6.23 Å². The molecule has 0 aliphatic carbocycles. The number of hydrogen-bond acceptors (Lipinski definition) is 4. The molecule has 5 nitrogen and oxygen atoms in total. The van der Waals surface area contributed by atoms with Gasteiger partial charge in [-0.2, -0.15) is 0 Å². The van der Waals surface area contributed by atoms with E-state index in [2.05, 4.69) is 10.3 Å². The number of benzene rings is 2. The van der Waals surface area contributed by atoms with Gasteiger partial charge in [0.05, 0.1) is 17.6 Å². The van der Waals surface area contributed by atoms with Crippen LogP contribution in [0.3, 0.4) is 0 Å². The van der Waals surface area contributed by atoms with Crippen LogP contribution in [-0.4, -0.2) is 20.9 Å². The number of aliphatic hydroxyl groups excluding tert-OH is 1. The molecule has 1 aromatic heterocycles. The average molecular weight is 295 g/mol. The Kier molecular flexibility index (Phi) is 3.89. The number of rotatable bonds is 4. The van der Waals surface area contributed by atoms with E-state index in [-0.39, 0.29) is 11.4 Å². The lowest BCUT2D eigenvalue weighted by Crippen LogP contribution is -2.28. The summed E-state index contributed by atoms with van der Waals surface area (Å²) in [5.74, 6) is 0.157. The van der Waals surface area contributed by atoms with Crippen LogP contribution in [0.1, 0.15) is 12.5 Å². The third kappa shape index (κ3) is 2.84. The third-order valence-corrected chi connectivity index (χ3v) is 3.38. The number of nitrogens with zero attached hydrogens (tertiary/aromatic N) is 2. The van der Waals surface area contributed by atoms with Gasteiger partial charge < -0.3 is 10.4 Å². The first-order valence-corrected chi connectivity index (χ1v) is 7.13. The fourth-order valence-corrected chi connectivity index (χ4v) is 2.41. The number of hydrogen-bond donors (Lipinski definition) is 2. The van der Waals surface area contributed by atoms with Crippen LogP contribution >= 0.6 is 0 Å². The molecule has 0 aliphatic rings. The standard InChI is InChI=1S/C17H17N3O2/c1-12(21)18-16-17(22)20(11-13-7-3-2-4-8-13)15-10-6-5-9-14(15)19-16/h2-10,12,21H,11H2,1H3,(H,18,19). The molecule has 112 valence electrons. The second kappa shape index (κ2) is 5.99. The number of nitrogens with one attached hydrogen (secondary N) is 1. The van der Waals surface area contributed by atoms with Crippen LogP contribution in [0.25, 0.3) is 11.0 Å². The maximum absolute atomic E-state index is 12.6. The highest BCUT2D eigenvalue weighted by Crippen LogP contribution is 2.14. The Bertz CT molecular complexity index is 841. The molecule has 22 heavy (non-hydrogen) atoms. The van der Waals surface area contributed by atoms with Gasteiger partial charge in [-0.05, 0) is 24.6 Å². The lowest BCUT2D eigenvalue weighted by molar-refractivity contribution is 0.223. The van der Waals surface area contributed by atoms with Crippen molar-refractivity contribution in [1.82, 2.24) is 9.55 Å². The minimum Gasteiger partial charge on any atom is -0.374 e. The quantitative estimate of drug-likeness (QED) is 0.724. The van der Waals surface area contributed by atoms with Crippen LogP contribution < -0.4 is 10.9 Å². The van der Waals surface area contributed by atoms with Gasteiger partial charge in [0, 0.05) is 0 Å². The Morgan fingerprint density at radius 3 is 2.55 bits per heavy atom. The summed E-state index contributed by atoms with van der Waals surface area (Å²) in [6.07, 6.45) is -0.841. The number of aliphatic hydroxyl groups is 1. The first-order chi connectivity index (χ1) is 10.6. The minimum atomic E-state index is -0.841. The molecule has 0 fully saturated rings. The Balaban J connectivity index is 2.17. The topological polar surface area (TPSA) is 67.2 Å². The van der Waals surface area contributed by atoms with Gasteiger partial charge in [0.25, 0.3) is 5.56 Å². The van der Waals surface area contributed by atoms with E-state index in [0.29, 0.717) is 12.1 Å². The molecule has 2 aromatic carbocycles. The molecule has 0 bridgehead atoms. The number of para-hydroxylation sites is 2. The normalized spacial score (nSPS) is 12.3. The smallest absolute Gasteiger partial charge is 0.294 e. The second-order valence-corrected chi connectivity index (χ2v) is 5.15. The van der Waals surface area contributed by atoms with E-state index < -0.39 is 6.23 Å². The van der Waals surface area contributed by atoms with Crippen molar-refractivity contribution in [3.8, 4) is 0 Å². The summed E-state index contributed by atoms with van der Waals surface area (Å²) >= 11 is 0. The maximum atomic E-state index is 12.6. The van der Waals surface area contributed by atoms with Crippen molar-refractivity contribution < 1.29 is 5.11 Å². The molecule has 0 saturated heterocycles. The van der Waals surface area contributed by atoms with E-state index in [1.165, 1.54) is 0 Å². The van der Waals surface area contributed by atoms with Crippen LogP contribution in [0, 0.1) is 0 Å². The van der Waals surface area contributed by atoms with Crippen LogP contribution in [0.15, 0.2) is 59.4 Å². The summed E-state index contributed by atoms with van der Waals surface area (Å²) in [6, 6.07) is 17.3. The number of aromatic nitrogens is 2. The van der Waals surface area contributed by atoms with E-state index in [4.69, 9.17) is 0 Å². The number of fused-ring (bicyclic) bond motifs is 1. The second-order valence-electron chi connectivity index (χ2n) is 5.15. The fraction of sp³-hybridized carbons (Fsp3) is 0.176. The van der Waals surface area contributed by atoms with E-state index in [0.717, 1.165) is 11.1 Å². The predicted octanol–water partition coefficient (Wildman–Crippen LogP) is 2.20. The summed E-state index contributed by atoms with van der Waals surface area (Å²) in [5.41, 5.74) is 2.26. The third-order valence-electron chi connectivity index (χ3n) is 3.38. The lowest BCUT2D eigenvalue weighted by Gasteiger charge is -2.14. The molecule has 1 atom stereocenters.